The van der Waals surface area contributed by atoms with Crippen molar-refractivity contribution in [3.63, 3.8) is 0 Å². The van der Waals surface area contributed by atoms with Crippen LogP contribution in [-0.4, -0.2) is 6.61 Å². The summed E-state index contributed by atoms with van der Waals surface area (Å²) in [5.74, 6) is -0.537. The molecule has 1 aliphatic rings. The van der Waals surface area contributed by atoms with E-state index in [1.54, 1.807) is 19.1 Å². The quantitative estimate of drug-likeness (QED) is 0.510. The predicted molar refractivity (Wildman–Crippen MR) is 98.4 cm³/mol. The molecule has 1 nitrogen and oxygen atoms in total. The molecule has 27 heavy (non-hydrogen) atoms. The molecule has 1 saturated carbocycles. The van der Waals surface area contributed by atoms with Crippen LogP contribution in [0.25, 0.3) is 11.1 Å². The SMILES string of the molecule is CCOc1ccc(-c2ccc(C3CCC(C)CC3)cc2)c(C(F)(F)F)c1F. The number of alkyl halides is 3. The highest BCUT2D eigenvalue weighted by atomic mass is 19.4. The van der Waals surface area contributed by atoms with Crippen LogP contribution in [0.2, 0.25) is 0 Å². The van der Waals surface area contributed by atoms with Crippen molar-refractivity contribution in [2.24, 2.45) is 5.92 Å². The molecule has 0 unspecified atom stereocenters. The third-order valence-electron chi connectivity index (χ3n) is 5.40. The van der Waals surface area contributed by atoms with Crippen molar-refractivity contribution < 1.29 is 22.3 Å². The summed E-state index contributed by atoms with van der Waals surface area (Å²) < 4.78 is 60.0. The monoisotopic (exact) mass is 380 g/mol. The van der Waals surface area contributed by atoms with Gasteiger partial charge in [0.1, 0.15) is 5.56 Å². The fourth-order valence-electron chi connectivity index (χ4n) is 3.87. The molecule has 0 saturated heterocycles. The minimum atomic E-state index is -4.80. The predicted octanol–water partition coefficient (Wildman–Crippen LogP) is 7.20. The third-order valence-corrected chi connectivity index (χ3v) is 5.40. The van der Waals surface area contributed by atoms with Crippen LogP contribution in [0.1, 0.15) is 56.6 Å². The second-order valence-electron chi connectivity index (χ2n) is 7.31. The maximum atomic E-state index is 14.5. The molecule has 3 rings (SSSR count). The van der Waals surface area contributed by atoms with E-state index in [2.05, 4.69) is 6.92 Å². The number of hydrogen-bond donors (Lipinski definition) is 0. The second kappa shape index (κ2) is 7.91. The molecular weight excluding hydrogens is 356 g/mol. The van der Waals surface area contributed by atoms with Gasteiger partial charge >= 0.3 is 6.18 Å². The number of halogens is 4. The van der Waals surface area contributed by atoms with Gasteiger partial charge in [-0.1, -0.05) is 44.0 Å². The Kier molecular flexibility index (Phi) is 5.78. The summed E-state index contributed by atoms with van der Waals surface area (Å²) in [6, 6.07) is 9.64. The fraction of sp³-hybridized carbons (Fsp3) is 0.455. The minimum absolute atomic E-state index is 0.0995. The van der Waals surface area contributed by atoms with Crippen LogP contribution in [0.15, 0.2) is 36.4 Å². The van der Waals surface area contributed by atoms with E-state index >= 15 is 0 Å². The molecule has 0 aromatic heterocycles. The Labute approximate surface area is 157 Å². The van der Waals surface area contributed by atoms with E-state index in [1.165, 1.54) is 25.0 Å². The Morgan fingerprint density at radius 3 is 2.15 bits per heavy atom. The smallest absolute Gasteiger partial charge is 0.419 e. The summed E-state index contributed by atoms with van der Waals surface area (Å²) in [5, 5.41) is 0. The highest BCUT2D eigenvalue weighted by molar-refractivity contribution is 5.70. The van der Waals surface area contributed by atoms with Gasteiger partial charge in [-0.15, -0.1) is 0 Å². The van der Waals surface area contributed by atoms with Gasteiger partial charge < -0.3 is 4.74 Å². The van der Waals surface area contributed by atoms with E-state index in [0.29, 0.717) is 11.5 Å². The molecule has 0 bridgehead atoms. The van der Waals surface area contributed by atoms with Crippen LogP contribution >= 0.6 is 0 Å². The number of rotatable bonds is 4. The van der Waals surface area contributed by atoms with Crippen molar-refractivity contribution in [1.82, 2.24) is 0 Å². The molecule has 2 aromatic rings. The molecule has 0 aliphatic heterocycles. The van der Waals surface area contributed by atoms with Crippen molar-refractivity contribution >= 4 is 0 Å². The summed E-state index contributed by atoms with van der Waals surface area (Å²) in [5.41, 5.74) is 0.0720. The Balaban J connectivity index is 1.95. The maximum Gasteiger partial charge on any atom is 0.419 e. The maximum absolute atomic E-state index is 14.5. The first kappa shape index (κ1) is 19.7. The van der Waals surface area contributed by atoms with Gasteiger partial charge in [-0.2, -0.15) is 13.2 Å². The molecule has 0 heterocycles. The molecule has 0 spiro atoms. The molecule has 2 aromatic carbocycles. The largest absolute Gasteiger partial charge is 0.491 e. The minimum Gasteiger partial charge on any atom is -0.491 e. The van der Waals surface area contributed by atoms with E-state index in [1.807, 2.05) is 12.1 Å². The molecule has 146 valence electrons. The van der Waals surface area contributed by atoms with E-state index < -0.39 is 17.6 Å². The molecule has 0 radical (unpaired) electrons. The average Bonchev–Trinajstić information content (AvgIpc) is 2.63. The van der Waals surface area contributed by atoms with E-state index in [9.17, 15) is 17.6 Å². The Morgan fingerprint density at radius 2 is 1.59 bits per heavy atom. The van der Waals surface area contributed by atoms with Gasteiger partial charge in [-0.05, 0) is 60.4 Å². The Morgan fingerprint density at radius 1 is 0.963 bits per heavy atom. The number of benzene rings is 2. The third kappa shape index (κ3) is 4.28. The highest BCUT2D eigenvalue weighted by Gasteiger charge is 2.38. The molecule has 0 atom stereocenters. The highest BCUT2D eigenvalue weighted by Crippen LogP contribution is 2.42. The first-order valence-electron chi connectivity index (χ1n) is 9.44. The van der Waals surface area contributed by atoms with Gasteiger partial charge in [0.2, 0.25) is 0 Å². The number of hydrogen-bond acceptors (Lipinski definition) is 1. The fourth-order valence-corrected chi connectivity index (χ4v) is 3.87. The lowest BCUT2D eigenvalue weighted by atomic mass is 9.79. The second-order valence-corrected chi connectivity index (χ2v) is 7.31. The first-order valence-corrected chi connectivity index (χ1v) is 9.44. The topological polar surface area (TPSA) is 9.23 Å². The standard InChI is InChI=1S/C22H24F4O/c1-3-27-19-13-12-18(20(21(19)23)22(24,25)26)17-10-8-16(9-11-17)15-6-4-14(2)5-7-15/h8-15H,3-7H2,1-2H3. The van der Waals surface area contributed by atoms with Crippen LogP contribution in [0, 0.1) is 11.7 Å². The zero-order valence-corrected chi connectivity index (χ0v) is 15.6. The van der Waals surface area contributed by atoms with Crippen LogP contribution in [0.3, 0.4) is 0 Å². The molecule has 5 heteroatoms. The average molecular weight is 380 g/mol. The molecule has 1 fully saturated rings. The van der Waals surface area contributed by atoms with Crippen molar-refractivity contribution in [2.45, 2.75) is 51.6 Å². The summed E-state index contributed by atoms with van der Waals surface area (Å²) in [4.78, 5) is 0. The van der Waals surface area contributed by atoms with E-state index in [-0.39, 0.29) is 17.9 Å². The lowest BCUT2D eigenvalue weighted by molar-refractivity contribution is -0.139. The Bertz CT molecular complexity index is 772. The lowest BCUT2D eigenvalue weighted by Gasteiger charge is -2.26. The van der Waals surface area contributed by atoms with Gasteiger partial charge in [0.15, 0.2) is 11.6 Å². The molecular formula is C22H24F4O. The summed E-state index contributed by atoms with van der Waals surface area (Å²) >= 11 is 0. The van der Waals surface area contributed by atoms with Crippen LogP contribution in [-0.2, 0) is 6.18 Å². The summed E-state index contributed by atoms with van der Waals surface area (Å²) in [6.45, 7) is 3.95. The van der Waals surface area contributed by atoms with Crippen LogP contribution in [0.4, 0.5) is 17.6 Å². The summed E-state index contributed by atoms with van der Waals surface area (Å²) in [7, 11) is 0. The number of ether oxygens (including phenoxy) is 1. The summed E-state index contributed by atoms with van der Waals surface area (Å²) in [6.07, 6.45) is -0.244. The van der Waals surface area contributed by atoms with Gasteiger partial charge in [0.25, 0.3) is 0 Å². The van der Waals surface area contributed by atoms with E-state index in [4.69, 9.17) is 4.74 Å². The van der Waals surface area contributed by atoms with Crippen molar-refractivity contribution in [2.75, 3.05) is 6.61 Å². The van der Waals surface area contributed by atoms with Gasteiger partial charge in [-0.3, -0.25) is 0 Å². The van der Waals surface area contributed by atoms with E-state index in [0.717, 1.165) is 24.3 Å². The van der Waals surface area contributed by atoms with Crippen molar-refractivity contribution in [1.29, 1.82) is 0 Å². The van der Waals surface area contributed by atoms with Gasteiger partial charge in [0.05, 0.1) is 6.61 Å². The zero-order chi connectivity index (χ0) is 19.6. The van der Waals surface area contributed by atoms with Gasteiger partial charge in [0, 0.05) is 0 Å². The van der Waals surface area contributed by atoms with Crippen LogP contribution < -0.4 is 4.74 Å². The van der Waals surface area contributed by atoms with Crippen molar-refractivity contribution in [3.05, 3.63) is 53.3 Å². The first-order chi connectivity index (χ1) is 12.8. The molecule has 1 aliphatic carbocycles. The lowest BCUT2D eigenvalue weighted by Crippen LogP contribution is -2.12. The molecule has 0 amide bonds. The Hall–Kier alpha value is -2.04. The normalized spacial score (nSPS) is 20.5. The van der Waals surface area contributed by atoms with Crippen LogP contribution in [0.5, 0.6) is 5.75 Å². The zero-order valence-electron chi connectivity index (χ0n) is 15.6. The van der Waals surface area contributed by atoms with Gasteiger partial charge in [-0.25, -0.2) is 4.39 Å². The van der Waals surface area contributed by atoms with Crippen molar-refractivity contribution in [3.8, 4) is 16.9 Å². The molecule has 0 N–H and O–H groups in total.